The summed E-state index contributed by atoms with van der Waals surface area (Å²) in [5.74, 6) is 0.654. The number of aliphatic hydroxyl groups is 1. The number of hydrogen-bond acceptors (Lipinski definition) is 5. The van der Waals surface area contributed by atoms with Crippen LogP contribution in [0.1, 0.15) is 17.6 Å². The summed E-state index contributed by atoms with van der Waals surface area (Å²) in [6.45, 7) is 2.07. The van der Waals surface area contributed by atoms with Crippen LogP contribution in [0, 0.1) is 0 Å². The van der Waals surface area contributed by atoms with Gasteiger partial charge in [-0.1, -0.05) is 18.2 Å². The molecule has 1 heterocycles. The summed E-state index contributed by atoms with van der Waals surface area (Å²) in [7, 11) is 0. The van der Waals surface area contributed by atoms with Gasteiger partial charge in [-0.2, -0.15) is 0 Å². The molecule has 0 saturated heterocycles. The Balaban J connectivity index is 1.82. The van der Waals surface area contributed by atoms with E-state index >= 15 is 0 Å². The molecule has 6 heteroatoms. The molecule has 0 bridgehead atoms. The maximum absolute atomic E-state index is 11.7. The number of ether oxygens (including phenoxy) is 1. The number of aromatic nitrogens is 1. The molecule has 0 fully saturated rings. The molecule has 21 heavy (non-hydrogen) atoms. The average molecular weight is 306 g/mol. The van der Waals surface area contributed by atoms with Crippen molar-refractivity contribution in [3.8, 4) is 5.75 Å². The van der Waals surface area contributed by atoms with E-state index in [-0.39, 0.29) is 25.0 Å². The number of nitrogens with zero attached hydrogens (tertiary/aromatic N) is 1. The zero-order chi connectivity index (χ0) is 15.1. The minimum absolute atomic E-state index is 0.0705. The van der Waals surface area contributed by atoms with Crippen molar-refractivity contribution in [1.29, 1.82) is 0 Å². The molecule has 0 aliphatic carbocycles. The molecule has 0 spiro atoms. The van der Waals surface area contributed by atoms with Gasteiger partial charge >= 0.3 is 0 Å². The van der Waals surface area contributed by atoms with Gasteiger partial charge in [0.05, 0.1) is 18.7 Å². The highest BCUT2D eigenvalue weighted by atomic mass is 32.1. The van der Waals surface area contributed by atoms with Gasteiger partial charge in [0.1, 0.15) is 17.4 Å². The molecule has 1 aromatic carbocycles. The Morgan fingerprint density at radius 3 is 2.90 bits per heavy atom. The largest absolute Gasteiger partial charge is 0.486 e. The van der Waals surface area contributed by atoms with E-state index in [4.69, 9.17) is 9.84 Å². The predicted molar refractivity (Wildman–Crippen MR) is 81.3 cm³/mol. The van der Waals surface area contributed by atoms with E-state index in [1.54, 1.807) is 6.92 Å². The van der Waals surface area contributed by atoms with E-state index in [1.807, 2.05) is 35.7 Å². The number of amides is 1. The second kappa shape index (κ2) is 7.75. The fourth-order valence-electron chi connectivity index (χ4n) is 1.69. The highest BCUT2D eigenvalue weighted by Crippen LogP contribution is 2.15. The zero-order valence-corrected chi connectivity index (χ0v) is 12.6. The van der Waals surface area contributed by atoms with Gasteiger partial charge in [0.25, 0.3) is 0 Å². The average Bonchev–Trinajstić information content (AvgIpc) is 2.93. The summed E-state index contributed by atoms with van der Waals surface area (Å²) in [4.78, 5) is 16.1. The molecule has 1 aromatic heterocycles. The third kappa shape index (κ3) is 5.17. The van der Waals surface area contributed by atoms with Crippen molar-refractivity contribution in [2.24, 2.45) is 0 Å². The summed E-state index contributed by atoms with van der Waals surface area (Å²) >= 11 is 1.47. The lowest BCUT2D eigenvalue weighted by Gasteiger charge is -2.09. The van der Waals surface area contributed by atoms with Crippen molar-refractivity contribution >= 4 is 17.2 Å². The van der Waals surface area contributed by atoms with Crippen LogP contribution in [0.25, 0.3) is 0 Å². The van der Waals surface area contributed by atoms with Crippen LogP contribution in [0.5, 0.6) is 5.75 Å². The standard InChI is InChI=1S/C15H18N2O3S/c1-11(8-18)16-14(19)7-12-10-21-15(17-12)9-20-13-5-3-2-4-6-13/h2-6,10-11,18H,7-9H2,1H3,(H,16,19)/t11-/m0/s1. The molecular weight excluding hydrogens is 288 g/mol. The highest BCUT2D eigenvalue weighted by molar-refractivity contribution is 7.09. The molecule has 0 aliphatic heterocycles. The van der Waals surface area contributed by atoms with Gasteiger partial charge in [0.15, 0.2) is 0 Å². The molecule has 2 N–H and O–H groups in total. The highest BCUT2D eigenvalue weighted by Gasteiger charge is 2.10. The minimum atomic E-state index is -0.239. The molecule has 112 valence electrons. The molecule has 1 amide bonds. The summed E-state index contributed by atoms with van der Waals surface area (Å²) < 4.78 is 5.61. The maximum Gasteiger partial charge on any atom is 0.226 e. The Morgan fingerprint density at radius 1 is 1.43 bits per heavy atom. The normalized spacial score (nSPS) is 11.9. The van der Waals surface area contributed by atoms with Crippen LogP contribution >= 0.6 is 11.3 Å². The van der Waals surface area contributed by atoms with Gasteiger partial charge in [-0.3, -0.25) is 4.79 Å². The van der Waals surface area contributed by atoms with Crippen LogP contribution in [0.2, 0.25) is 0 Å². The third-order valence-electron chi connectivity index (χ3n) is 2.73. The lowest BCUT2D eigenvalue weighted by molar-refractivity contribution is -0.121. The van der Waals surface area contributed by atoms with E-state index in [0.717, 1.165) is 10.8 Å². The van der Waals surface area contributed by atoms with Crippen molar-refractivity contribution in [3.63, 3.8) is 0 Å². The Labute approximate surface area is 127 Å². The van der Waals surface area contributed by atoms with E-state index < -0.39 is 0 Å². The number of carbonyl (C=O) groups is 1. The summed E-state index contributed by atoms with van der Waals surface area (Å²) in [5.41, 5.74) is 0.717. The molecule has 0 unspecified atom stereocenters. The van der Waals surface area contributed by atoms with Crippen LogP contribution in [0.4, 0.5) is 0 Å². The molecule has 2 rings (SSSR count). The predicted octanol–water partition coefficient (Wildman–Crippen LogP) is 1.76. The van der Waals surface area contributed by atoms with Crippen molar-refractivity contribution in [2.75, 3.05) is 6.61 Å². The zero-order valence-electron chi connectivity index (χ0n) is 11.8. The fourth-order valence-corrected chi connectivity index (χ4v) is 2.40. The quantitative estimate of drug-likeness (QED) is 0.818. The Morgan fingerprint density at radius 2 is 2.19 bits per heavy atom. The number of para-hydroxylation sites is 1. The van der Waals surface area contributed by atoms with Crippen LogP contribution in [-0.4, -0.2) is 28.6 Å². The number of nitrogens with one attached hydrogen (secondary N) is 1. The first kappa shape index (κ1) is 15.5. The van der Waals surface area contributed by atoms with Gasteiger partial charge in [-0.05, 0) is 19.1 Å². The molecule has 0 radical (unpaired) electrons. The van der Waals surface area contributed by atoms with E-state index in [2.05, 4.69) is 10.3 Å². The van der Waals surface area contributed by atoms with Gasteiger partial charge in [0.2, 0.25) is 5.91 Å². The first-order valence-corrected chi connectivity index (χ1v) is 7.56. The SMILES string of the molecule is C[C@@H](CO)NC(=O)Cc1csc(COc2ccccc2)n1. The van der Waals surface area contributed by atoms with Gasteiger partial charge < -0.3 is 15.2 Å². The van der Waals surface area contributed by atoms with Crippen LogP contribution in [-0.2, 0) is 17.8 Å². The topological polar surface area (TPSA) is 71.5 Å². The second-order valence-electron chi connectivity index (χ2n) is 4.66. The Hall–Kier alpha value is -1.92. The molecule has 1 atom stereocenters. The summed E-state index contributed by atoms with van der Waals surface area (Å²) in [6, 6.07) is 9.29. The van der Waals surface area contributed by atoms with Crippen molar-refractivity contribution in [2.45, 2.75) is 26.0 Å². The van der Waals surface area contributed by atoms with Crippen molar-refractivity contribution in [1.82, 2.24) is 10.3 Å². The van der Waals surface area contributed by atoms with Gasteiger partial charge in [-0.15, -0.1) is 11.3 Å². The van der Waals surface area contributed by atoms with Crippen LogP contribution in [0.3, 0.4) is 0 Å². The fraction of sp³-hybridized carbons (Fsp3) is 0.333. The Kier molecular flexibility index (Phi) is 5.71. The molecular formula is C15H18N2O3S. The van der Waals surface area contributed by atoms with Crippen molar-refractivity contribution < 1.29 is 14.6 Å². The maximum atomic E-state index is 11.7. The third-order valence-corrected chi connectivity index (χ3v) is 3.60. The van der Waals surface area contributed by atoms with Gasteiger partial charge in [0, 0.05) is 11.4 Å². The molecule has 0 aliphatic rings. The van der Waals surface area contributed by atoms with Crippen LogP contribution in [0.15, 0.2) is 35.7 Å². The number of aliphatic hydroxyl groups excluding tert-OH is 1. The first-order valence-electron chi connectivity index (χ1n) is 6.68. The molecule has 0 saturated carbocycles. The molecule has 5 nitrogen and oxygen atoms in total. The number of hydrogen-bond donors (Lipinski definition) is 2. The lowest BCUT2D eigenvalue weighted by Crippen LogP contribution is -2.36. The first-order chi connectivity index (χ1) is 10.2. The Bertz CT molecular complexity index is 571. The second-order valence-corrected chi connectivity index (χ2v) is 5.60. The monoisotopic (exact) mass is 306 g/mol. The summed E-state index contributed by atoms with van der Waals surface area (Å²) in [6.07, 6.45) is 0.214. The summed E-state index contributed by atoms with van der Waals surface area (Å²) in [5, 5.41) is 14.3. The molecule has 2 aromatic rings. The number of thiazole rings is 1. The van der Waals surface area contributed by atoms with E-state index in [9.17, 15) is 4.79 Å². The van der Waals surface area contributed by atoms with E-state index in [0.29, 0.717) is 12.3 Å². The number of carbonyl (C=O) groups excluding carboxylic acids is 1. The number of rotatable bonds is 7. The lowest BCUT2D eigenvalue weighted by atomic mass is 10.3. The minimum Gasteiger partial charge on any atom is -0.486 e. The smallest absolute Gasteiger partial charge is 0.226 e. The van der Waals surface area contributed by atoms with Crippen LogP contribution < -0.4 is 10.1 Å². The van der Waals surface area contributed by atoms with Gasteiger partial charge in [-0.25, -0.2) is 4.98 Å². The number of benzene rings is 1. The van der Waals surface area contributed by atoms with Crippen molar-refractivity contribution in [3.05, 3.63) is 46.4 Å². The van der Waals surface area contributed by atoms with E-state index in [1.165, 1.54) is 11.3 Å².